The van der Waals surface area contributed by atoms with Gasteiger partial charge in [0.2, 0.25) is 0 Å². The summed E-state index contributed by atoms with van der Waals surface area (Å²) in [5.41, 5.74) is 1.87. The van der Waals surface area contributed by atoms with Gasteiger partial charge in [0.15, 0.2) is 6.10 Å². The molecule has 0 saturated carbocycles. The molecule has 18 heavy (non-hydrogen) atoms. The molecule has 3 rings (SSSR count). The van der Waals surface area contributed by atoms with Gasteiger partial charge in [-0.2, -0.15) is 0 Å². The highest BCUT2D eigenvalue weighted by molar-refractivity contribution is 5.98. The summed E-state index contributed by atoms with van der Waals surface area (Å²) in [4.78, 5) is 22.6. The predicted octanol–water partition coefficient (Wildman–Crippen LogP) is 1.09. The number of carbonyl (C=O) groups is 1. The van der Waals surface area contributed by atoms with Gasteiger partial charge in [-0.1, -0.05) is 0 Å². The number of carbonyl (C=O) groups excluding carboxylic acids is 1. The molecule has 0 bridgehead atoms. The van der Waals surface area contributed by atoms with Crippen molar-refractivity contribution in [3.63, 3.8) is 0 Å². The van der Waals surface area contributed by atoms with Crippen molar-refractivity contribution in [2.45, 2.75) is 13.0 Å². The number of hydrogen-bond acceptors (Lipinski definition) is 3. The molecule has 0 saturated heterocycles. The lowest BCUT2D eigenvalue weighted by molar-refractivity contribution is -0.122. The van der Waals surface area contributed by atoms with E-state index >= 15 is 0 Å². The van der Waals surface area contributed by atoms with Crippen LogP contribution in [0.15, 0.2) is 29.1 Å². The van der Waals surface area contributed by atoms with Crippen molar-refractivity contribution in [1.82, 2.24) is 10.2 Å². The molecule has 1 amide bonds. The Bertz CT molecular complexity index is 671. The Morgan fingerprint density at radius 2 is 2.00 bits per heavy atom. The van der Waals surface area contributed by atoms with Crippen LogP contribution in [-0.2, 0) is 4.79 Å². The molecule has 6 nitrogen and oxygen atoms in total. The standard InChI is InChI=1S/C12H11N3O3/c1-6-12(17)13-9-4-7(2-3-10(9)18-6)8-5-11(16)15-14-8/h2-6H,1H3,(H,13,17)(H2,14,15,16). The number of amides is 1. The van der Waals surface area contributed by atoms with Crippen LogP contribution in [0.3, 0.4) is 0 Å². The highest BCUT2D eigenvalue weighted by Crippen LogP contribution is 2.33. The third kappa shape index (κ3) is 1.67. The zero-order chi connectivity index (χ0) is 12.7. The van der Waals surface area contributed by atoms with Crippen molar-refractivity contribution in [3.8, 4) is 17.0 Å². The van der Waals surface area contributed by atoms with E-state index in [1.807, 2.05) is 6.07 Å². The Morgan fingerprint density at radius 3 is 2.72 bits per heavy atom. The van der Waals surface area contributed by atoms with Gasteiger partial charge >= 0.3 is 0 Å². The zero-order valence-corrected chi connectivity index (χ0v) is 9.61. The van der Waals surface area contributed by atoms with E-state index in [0.717, 1.165) is 5.56 Å². The first kappa shape index (κ1) is 10.6. The predicted molar refractivity (Wildman–Crippen MR) is 65.6 cm³/mol. The Kier molecular flexibility index (Phi) is 2.22. The van der Waals surface area contributed by atoms with Gasteiger partial charge in [0.1, 0.15) is 5.75 Å². The first-order valence-corrected chi connectivity index (χ1v) is 5.53. The molecule has 0 radical (unpaired) electrons. The zero-order valence-electron chi connectivity index (χ0n) is 9.61. The quantitative estimate of drug-likeness (QED) is 0.702. The Hall–Kier alpha value is -2.50. The first-order valence-electron chi connectivity index (χ1n) is 5.53. The molecule has 1 unspecified atom stereocenters. The van der Waals surface area contributed by atoms with Crippen LogP contribution in [0.1, 0.15) is 6.92 Å². The average Bonchev–Trinajstić information content (AvgIpc) is 2.77. The fourth-order valence-corrected chi connectivity index (χ4v) is 1.86. The summed E-state index contributed by atoms with van der Waals surface area (Å²) in [5.74, 6) is 0.450. The highest BCUT2D eigenvalue weighted by atomic mass is 16.5. The van der Waals surface area contributed by atoms with Crippen LogP contribution in [-0.4, -0.2) is 22.2 Å². The van der Waals surface area contributed by atoms with Gasteiger partial charge in [0.25, 0.3) is 11.5 Å². The number of aromatic amines is 2. The maximum Gasteiger partial charge on any atom is 0.265 e. The Balaban J connectivity index is 2.04. The van der Waals surface area contributed by atoms with Crippen LogP contribution in [0, 0.1) is 0 Å². The lowest BCUT2D eigenvalue weighted by Gasteiger charge is -2.23. The maximum absolute atomic E-state index is 11.5. The van der Waals surface area contributed by atoms with Gasteiger partial charge < -0.3 is 10.1 Å². The third-order valence-electron chi connectivity index (χ3n) is 2.82. The van der Waals surface area contributed by atoms with Crippen LogP contribution in [0.2, 0.25) is 0 Å². The smallest absolute Gasteiger partial charge is 0.265 e. The number of aromatic nitrogens is 2. The number of ether oxygens (including phenoxy) is 1. The van der Waals surface area contributed by atoms with E-state index < -0.39 is 6.10 Å². The summed E-state index contributed by atoms with van der Waals surface area (Å²) in [6.45, 7) is 1.69. The van der Waals surface area contributed by atoms with E-state index in [4.69, 9.17) is 4.74 Å². The van der Waals surface area contributed by atoms with E-state index in [1.54, 1.807) is 19.1 Å². The summed E-state index contributed by atoms with van der Waals surface area (Å²) in [7, 11) is 0. The number of benzene rings is 1. The molecule has 6 heteroatoms. The molecular formula is C12H11N3O3. The van der Waals surface area contributed by atoms with Gasteiger partial charge in [0.05, 0.1) is 11.4 Å². The summed E-state index contributed by atoms with van der Waals surface area (Å²) in [6, 6.07) is 6.81. The number of hydrogen-bond donors (Lipinski definition) is 3. The minimum Gasteiger partial charge on any atom is -0.479 e. The minimum atomic E-state index is -0.490. The second-order valence-electron chi connectivity index (χ2n) is 4.13. The van der Waals surface area contributed by atoms with Crippen LogP contribution in [0.25, 0.3) is 11.3 Å². The van der Waals surface area contributed by atoms with E-state index in [-0.39, 0.29) is 11.5 Å². The number of rotatable bonds is 1. The van der Waals surface area contributed by atoms with Crippen molar-refractivity contribution in [3.05, 3.63) is 34.6 Å². The molecule has 1 aliphatic rings. The fraction of sp³-hybridized carbons (Fsp3) is 0.167. The average molecular weight is 245 g/mol. The van der Waals surface area contributed by atoms with E-state index in [2.05, 4.69) is 15.5 Å². The second kappa shape index (κ2) is 3.76. The number of nitrogens with one attached hydrogen (secondary N) is 3. The first-order chi connectivity index (χ1) is 8.63. The lowest BCUT2D eigenvalue weighted by atomic mass is 10.1. The van der Waals surface area contributed by atoms with Gasteiger partial charge in [-0.15, -0.1) is 0 Å². The topological polar surface area (TPSA) is 87.0 Å². The monoisotopic (exact) mass is 245 g/mol. The number of fused-ring (bicyclic) bond motifs is 1. The molecule has 3 N–H and O–H groups in total. The molecule has 0 fully saturated rings. The molecule has 92 valence electrons. The van der Waals surface area contributed by atoms with E-state index in [1.165, 1.54) is 6.07 Å². The largest absolute Gasteiger partial charge is 0.479 e. The maximum atomic E-state index is 11.5. The third-order valence-corrected chi connectivity index (χ3v) is 2.82. The molecule has 1 aromatic heterocycles. The Labute approximate surface area is 102 Å². The van der Waals surface area contributed by atoms with Crippen molar-refractivity contribution < 1.29 is 9.53 Å². The normalized spacial score (nSPS) is 17.8. The van der Waals surface area contributed by atoms with Gasteiger partial charge in [-0.3, -0.25) is 19.8 Å². The second-order valence-corrected chi connectivity index (χ2v) is 4.13. The number of anilines is 1. The SMILES string of the molecule is CC1Oc2ccc(-c3cc(=O)[nH][nH]3)cc2NC1=O. The van der Waals surface area contributed by atoms with Crippen molar-refractivity contribution in [1.29, 1.82) is 0 Å². The van der Waals surface area contributed by atoms with E-state index in [0.29, 0.717) is 17.1 Å². The summed E-state index contributed by atoms with van der Waals surface area (Å²) in [5, 5.41) is 7.98. The molecule has 1 atom stereocenters. The van der Waals surface area contributed by atoms with Gasteiger partial charge in [-0.25, -0.2) is 0 Å². The molecule has 1 aliphatic heterocycles. The minimum absolute atomic E-state index is 0.179. The van der Waals surface area contributed by atoms with Crippen LogP contribution in [0.5, 0.6) is 5.75 Å². The summed E-state index contributed by atoms with van der Waals surface area (Å²) >= 11 is 0. The van der Waals surface area contributed by atoms with Gasteiger partial charge in [0, 0.05) is 11.6 Å². The molecule has 0 aliphatic carbocycles. The summed E-state index contributed by atoms with van der Waals surface area (Å²) in [6.07, 6.45) is -0.490. The van der Waals surface area contributed by atoms with Crippen LogP contribution >= 0.6 is 0 Å². The Morgan fingerprint density at radius 1 is 1.17 bits per heavy atom. The van der Waals surface area contributed by atoms with Crippen molar-refractivity contribution >= 4 is 11.6 Å². The molecule has 2 aromatic rings. The highest BCUT2D eigenvalue weighted by Gasteiger charge is 2.23. The van der Waals surface area contributed by atoms with Crippen LogP contribution in [0.4, 0.5) is 5.69 Å². The summed E-state index contributed by atoms with van der Waals surface area (Å²) < 4.78 is 5.45. The van der Waals surface area contributed by atoms with E-state index in [9.17, 15) is 9.59 Å². The van der Waals surface area contributed by atoms with Gasteiger partial charge in [-0.05, 0) is 25.1 Å². The fourth-order valence-electron chi connectivity index (χ4n) is 1.86. The number of H-pyrrole nitrogens is 2. The molecule has 0 spiro atoms. The molecular weight excluding hydrogens is 234 g/mol. The lowest BCUT2D eigenvalue weighted by Crippen LogP contribution is -2.34. The molecule has 2 heterocycles. The van der Waals surface area contributed by atoms with Crippen molar-refractivity contribution in [2.75, 3.05) is 5.32 Å². The van der Waals surface area contributed by atoms with Crippen molar-refractivity contribution in [2.24, 2.45) is 0 Å². The van der Waals surface area contributed by atoms with Crippen LogP contribution < -0.4 is 15.6 Å². The molecule has 1 aromatic carbocycles.